The molecule has 7 heteroatoms. The molecule has 1 aliphatic rings. The van der Waals surface area contributed by atoms with Crippen LogP contribution in [0.5, 0.6) is 0 Å². The Morgan fingerprint density at radius 1 is 1.18 bits per heavy atom. The molecular weight excluding hydrogens is 396 g/mol. The van der Waals surface area contributed by atoms with Gasteiger partial charge in [-0.3, -0.25) is 9.52 Å². The van der Waals surface area contributed by atoms with Gasteiger partial charge in [-0.05, 0) is 48.4 Å². The summed E-state index contributed by atoms with van der Waals surface area (Å²) < 4.78 is 28.4. The van der Waals surface area contributed by atoms with Crippen LogP contribution in [0.3, 0.4) is 0 Å². The molecule has 5 nitrogen and oxygen atoms in total. The molecule has 0 aliphatic carbocycles. The number of fused-ring (bicyclic) bond motifs is 1. The zero-order chi connectivity index (χ0) is 20.9. The fraction of sp³-hybridized carbons (Fsp3) is 0.381. The molecule has 0 radical (unpaired) electrons. The van der Waals surface area contributed by atoms with Gasteiger partial charge in [0.05, 0.1) is 15.6 Å². The summed E-state index contributed by atoms with van der Waals surface area (Å²) in [5.74, 6) is -0.0949. The van der Waals surface area contributed by atoms with Crippen LogP contribution in [0.2, 0.25) is 5.02 Å². The van der Waals surface area contributed by atoms with Gasteiger partial charge < -0.3 is 4.90 Å². The minimum absolute atomic E-state index is 0.0343. The predicted molar refractivity (Wildman–Crippen MR) is 114 cm³/mol. The van der Waals surface area contributed by atoms with E-state index in [-0.39, 0.29) is 22.1 Å². The number of amides is 1. The number of sulfonamides is 1. The summed E-state index contributed by atoms with van der Waals surface area (Å²) in [5.41, 5.74) is 2.56. The van der Waals surface area contributed by atoms with Gasteiger partial charge in [-0.25, -0.2) is 8.42 Å². The molecule has 0 saturated heterocycles. The van der Waals surface area contributed by atoms with Crippen LogP contribution in [-0.2, 0) is 20.2 Å². The number of nitrogens with one attached hydrogen (secondary N) is 1. The molecule has 0 aromatic heterocycles. The average Bonchev–Trinajstić information content (AvgIpc) is 2.87. The first-order valence-electron chi connectivity index (χ1n) is 9.17. The maximum absolute atomic E-state index is 12.9. The van der Waals surface area contributed by atoms with Crippen LogP contribution in [-0.4, -0.2) is 20.9 Å². The summed E-state index contributed by atoms with van der Waals surface area (Å²) in [7, 11) is -3.81. The number of benzene rings is 2. The molecule has 0 saturated carbocycles. The standard InChI is InChI=1S/C21H25ClN2O3S/c1-13(2)20(25)24-12-21(4,5)16-11-15(7-9-19(16)24)28(26,27)23-18-8-6-14(3)10-17(18)22/h6-11,13,23H,12H2,1-5H3. The van der Waals surface area contributed by atoms with Crippen molar-refractivity contribution in [2.45, 2.75) is 44.9 Å². The molecular formula is C21H25ClN2O3S. The highest BCUT2D eigenvalue weighted by molar-refractivity contribution is 7.92. The van der Waals surface area contributed by atoms with E-state index in [1.165, 1.54) is 6.07 Å². The number of nitrogens with zero attached hydrogens (tertiary/aromatic N) is 1. The summed E-state index contributed by atoms with van der Waals surface area (Å²) in [6.45, 7) is 10.2. The van der Waals surface area contributed by atoms with Crippen LogP contribution < -0.4 is 9.62 Å². The van der Waals surface area contributed by atoms with Crippen LogP contribution in [0.25, 0.3) is 0 Å². The van der Waals surface area contributed by atoms with Crippen molar-refractivity contribution in [1.29, 1.82) is 0 Å². The molecule has 0 bridgehead atoms. The van der Waals surface area contributed by atoms with E-state index in [9.17, 15) is 13.2 Å². The number of rotatable bonds is 4. The maximum Gasteiger partial charge on any atom is 0.261 e. The van der Waals surface area contributed by atoms with Gasteiger partial charge >= 0.3 is 0 Å². The number of carbonyl (C=O) groups is 1. The van der Waals surface area contributed by atoms with E-state index in [0.717, 1.165) is 16.8 Å². The van der Waals surface area contributed by atoms with Gasteiger partial charge in [0.1, 0.15) is 0 Å². The SMILES string of the molecule is Cc1ccc(NS(=O)(=O)c2ccc3c(c2)C(C)(C)CN3C(=O)C(C)C)c(Cl)c1. The molecule has 2 aromatic carbocycles. The maximum atomic E-state index is 12.9. The van der Waals surface area contributed by atoms with Gasteiger partial charge in [-0.2, -0.15) is 0 Å². The molecule has 1 heterocycles. The van der Waals surface area contributed by atoms with Crippen molar-refractivity contribution >= 4 is 38.9 Å². The van der Waals surface area contributed by atoms with Crippen LogP contribution in [0, 0.1) is 12.8 Å². The van der Waals surface area contributed by atoms with Gasteiger partial charge in [-0.1, -0.05) is 45.4 Å². The van der Waals surface area contributed by atoms with Crippen molar-refractivity contribution in [1.82, 2.24) is 0 Å². The lowest BCUT2D eigenvalue weighted by Gasteiger charge is -2.22. The molecule has 0 unspecified atom stereocenters. The van der Waals surface area contributed by atoms with E-state index in [4.69, 9.17) is 11.6 Å². The number of carbonyl (C=O) groups excluding carboxylic acids is 1. The molecule has 28 heavy (non-hydrogen) atoms. The van der Waals surface area contributed by atoms with E-state index >= 15 is 0 Å². The minimum Gasteiger partial charge on any atom is -0.311 e. The van der Waals surface area contributed by atoms with E-state index in [1.54, 1.807) is 35.2 Å². The first-order valence-corrected chi connectivity index (χ1v) is 11.0. The Labute approximate surface area is 171 Å². The van der Waals surface area contributed by atoms with Gasteiger partial charge in [-0.15, -0.1) is 0 Å². The molecule has 1 N–H and O–H groups in total. The number of halogens is 1. The normalized spacial score (nSPS) is 15.6. The molecule has 3 rings (SSSR count). The van der Waals surface area contributed by atoms with Crippen molar-refractivity contribution < 1.29 is 13.2 Å². The lowest BCUT2D eigenvalue weighted by molar-refractivity contribution is -0.121. The highest BCUT2D eigenvalue weighted by atomic mass is 35.5. The quantitative estimate of drug-likeness (QED) is 0.777. The first-order chi connectivity index (χ1) is 12.9. The number of aryl methyl sites for hydroxylation is 1. The Bertz CT molecular complexity index is 1050. The van der Waals surface area contributed by atoms with Gasteiger partial charge in [0.25, 0.3) is 10.0 Å². The monoisotopic (exact) mass is 420 g/mol. The molecule has 1 aliphatic heterocycles. The summed E-state index contributed by atoms with van der Waals surface area (Å²) in [4.78, 5) is 14.5. The Morgan fingerprint density at radius 2 is 1.86 bits per heavy atom. The molecule has 0 fully saturated rings. The van der Waals surface area contributed by atoms with Crippen molar-refractivity contribution in [3.05, 3.63) is 52.5 Å². The topological polar surface area (TPSA) is 66.5 Å². The summed E-state index contributed by atoms with van der Waals surface area (Å²) in [6, 6.07) is 10.1. The zero-order valence-corrected chi connectivity index (χ0v) is 18.3. The molecule has 0 spiro atoms. The Hall–Kier alpha value is -2.05. The van der Waals surface area contributed by atoms with E-state index in [0.29, 0.717) is 17.3 Å². The number of anilines is 2. The summed E-state index contributed by atoms with van der Waals surface area (Å²) in [5, 5.41) is 0.346. The Balaban J connectivity index is 2.00. The summed E-state index contributed by atoms with van der Waals surface area (Å²) in [6.07, 6.45) is 0. The highest BCUT2D eigenvalue weighted by Crippen LogP contribution is 2.42. The average molecular weight is 421 g/mol. The smallest absolute Gasteiger partial charge is 0.261 e. The third-order valence-electron chi connectivity index (χ3n) is 4.98. The molecule has 2 aromatic rings. The van der Waals surface area contributed by atoms with E-state index < -0.39 is 10.0 Å². The largest absolute Gasteiger partial charge is 0.311 e. The fourth-order valence-corrected chi connectivity index (χ4v) is 4.88. The van der Waals surface area contributed by atoms with Crippen LogP contribution in [0.4, 0.5) is 11.4 Å². The third kappa shape index (κ3) is 3.76. The van der Waals surface area contributed by atoms with Gasteiger partial charge in [0, 0.05) is 23.6 Å². The van der Waals surface area contributed by atoms with Crippen LogP contribution in [0.15, 0.2) is 41.3 Å². The second-order valence-electron chi connectivity index (χ2n) is 8.23. The lowest BCUT2D eigenvalue weighted by atomic mass is 9.87. The van der Waals surface area contributed by atoms with Crippen molar-refractivity contribution in [3.63, 3.8) is 0 Å². The fourth-order valence-electron chi connectivity index (χ4n) is 3.44. The second kappa shape index (κ2) is 7.08. The summed E-state index contributed by atoms with van der Waals surface area (Å²) >= 11 is 6.17. The van der Waals surface area contributed by atoms with Gasteiger partial charge in [0.15, 0.2) is 0 Å². The van der Waals surface area contributed by atoms with Crippen molar-refractivity contribution in [2.75, 3.05) is 16.2 Å². The zero-order valence-electron chi connectivity index (χ0n) is 16.7. The molecule has 0 atom stereocenters. The first kappa shape index (κ1) is 20.7. The minimum atomic E-state index is -3.81. The highest BCUT2D eigenvalue weighted by Gasteiger charge is 2.39. The van der Waals surface area contributed by atoms with E-state index in [1.807, 2.05) is 34.6 Å². The molecule has 150 valence electrons. The van der Waals surface area contributed by atoms with E-state index in [2.05, 4.69) is 4.72 Å². The molecule has 1 amide bonds. The third-order valence-corrected chi connectivity index (χ3v) is 6.66. The van der Waals surface area contributed by atoms with Crippen molar-refractivity contribution in [2.24, 2.45) is 5.92 Å². The van der Waals surface area contributed by atoms with Crippen LogP contribution in [0.1, 0.15) is 38.8 Å². The number of hydrogen-bond donors (Lipinski definition) is 1. The van der Waals surface area contributed by atoms with Gasteiger partial charge in [0.2, 0.25) is 5.91 Å². The lowest BCUT2D eigenvalue weighted by Crippen LogP contribution is -2.36. The number of hydrogen-bond acceptors (Lipinski definition) is 3. The Morgan fingerprint density at radius 3 is 2.46 bits per heavy atom. The second-order valence-corrected chi connectivity index (χ2v) is 10.3. The van der Waals surface area contributed by atoms with Crippen molar-refractivity contribution in [3.8, 4) is 0 Å². The Kier molecular flexibility index (Phi) is 5.23. The predicted octanol–water partition coefficient (Wildman–Crippen LogP) is 4.73. The van der Waals surface area contributed by atoms with Crippen LogP contribution >= 0.6 is 11.6 Å².